The number of carbonyl (C=O) groups excluding carboxylic acids is 1. The highest BCUT2D eigenvalue weighted by molar-refractivity contribution is 7.79. The van der Waals surface area contributed by atoms with Crippen LogP contribution in [0.15, 0.2) is 40.7 Å². The third-order valence-electron chi connectivity index (χ3n) is 5.18. The number of rotatable bonds is 8. The maximum atomic E-state index is 14.9. The molecule has 2 aromatic rings. The molecule has 0 bridgehead atoms. The van der Waals surface area contributed by atoms with Crippen molar-refractivity contribution in [2.75, 3.05) is 37.0 Å². The van der Waals surface area contributed by atoms with Crippen molar-refractivity contribution in [3.05, 3.63) is 42.0 Å². The van der Waals surface area contributed by atoms with Crippen molar-refractivity contribution in [1.82, 2.24) is 14.9 Å². The average Bonchev–Trinajstić information content (AvgIpc) is 2.75. The van der Waals surface area contributed by atoms with Crippen LogP contribution >= 0.6 is 0 Å². The van der Waals surface area contributed by atoms with Crippen molar-refractivity contribution in [2.45, 2.75) is 12.7 Å². The lowest BCUT2D eigenvalue weighted by atomic mass is 10.1. The van der Waals surface area contributed by atoms with Gasteiger partial charge >= 0.3 is 6.09 Å². The largest absolute Gasteiger partial charge is 0.443 e. The van der Waals surface area contributed by atoms with Gasteiger partial charge in [-0.05, 0) is 0 Å². The van der Waals surface area contributed by atoms with Crippen LogP contribution in [0.2, 0.25) is 0 Å². The van der Waals surface area contributed by atoms with E-state index in [-0.39, 0.29) is 29.7 Å². The lowest BCUT2D eigenvalue weighted by Gasteiger charge is -2.37. The number of benzene rings is 1. The van der Waals surface area contributed by atoms with Gasteiger partial charge in [0, 0.05) is 42.2 Å². The standard InChI is InChI=1S/C20H23FN8O5S/c21-17-12(10-33-20(30)26-18(22)23)2-1-3-16(17)13-4-24-19(25-5-13)29-6-14(7-29)27-34-15-8-28(9-15)11-35(31)32/h1-5,15H,6-11H2,(H,31,32)(H4,22,23,26,30). The van der Waals surface area contributed by atoms with Crippen molar-refractivity contribution in [1.29, 1.82) is 0 Å². The normalized spacial score (nSPS) is 16.6. The Kier molecular flexibility index (Phi) is 7.48. The molecule has 0 saturated carbocycles. The van der Waals surface area contributed by atoms with E-state index < -0.39 is 29.0 Å². The van der Waals surface area contributed by atoms with Gasteiger partial charge in [0.05, 0.1) is 18.8 Å². The predicted octanol–water partition coefficient (Wildman–Crippen LogP) is 0.249. The summed E-state index contributed by atoms with van der Waals surface area (Å²) in [6.07, 6.45) is 1.92. The number of amides is 1. The Hall–Kier alpha value is -3.69. The second-order valence-corrected chi connectivity index (χ2v) is 8.77. The van der Waals surface area contributed by atoms with E-state index >= 15 is 0 Å². The van der Waals surface area contributed by atoms with Crippen molar-refractivity contribution in [3.63, 3.8) is 0 Å². The van der Waals surface area contributed by atoms with Gasteiger partial charge in [-0.25, -0.2) is 23.4 Å². The first-order valence-corrected chi connectivity index (χ1v) is 11.7. The van der Waals surface area contributed by atoms with Crippen LogP contribution < -0.4 is 16.4 Å². The molecule has 4 rings (SSSR count). The zero-order valence-electron chi connectivity index (χ0n) is 18.4. The Labute approximate surface area is 201 Å². The van der Waals surface area contributed by atoms with Gasteiger partial charge in [0.1, 0.15) is 18.3 Å². The average molecular weight is 507 g/mol. The molecule has 15 heteroatoms. The van der Waals surface area contributed by atoms with Crippen LogP contribution in [0.5, 0.6) is 0 Å². The van der Waals surface area contributed by atoms with E-state index in [1.807, 2.05) is 4.90 Å². The Bertz CT molecular complexity index is 1160. The molecule has 5 N–H and O–H groups in total. The molecule has 3 heterocycles. The summed E-state index contributed by atoms with van der Waals surface area (Å²) in [5, 5.41) is 4.12. The van der Waals surface area contributed by atoms with Crippen LogP contribution in [-0.2, 0) is 27.3 Å². The molecule has 1 unspecified atom stereocenters. The van der Waals surface area contributed by atoms with Crippen LogP contribution in [0, 0.1) is 5.82 Å². The Morgan fingerprint density at radius 1 is 1.26 bits per heavy atom. The first-order chi connectivity index (χ1) is 16.8. The molecule has 0 spiro atoms. The van der Waals surface area contributed by atoms with Gasteiger partial charge in [0.25, 0.3) is 0 Å². The maximum Gasteiger partial charge on any atom is 0.437 e. The molecule has 2 saturated heterocycles. The molecule has 2 aliphatic rings. The van der Waals surface area contributed by atoms with E-state index in [0.717, 1.165) is 5.71 Å². The highest BCUT2D eigenvalue weighted by Gasteiger charge is 2.31. The lowest BCUT2D eigenvalue weighted by Crippen LogP contribution is -2.53. The molecule has 2 fully saturated rings. The number of aliphatic imine (C=N–C) groups is 1. The summed E-state index contributed by atoms with van der Waals surface area (Å²) >= 11 is -1.85. The first-order valence-electron chi connectivity index (χ1n) is 10.4. The van der Waals surface area contributed by atoms with Crippen LogP contribution in [-0.4, -0.2) is 79.6 Å². The minimum absolute atomic E-state index is 0.0867. The number of carbonyl (C=O) groups is 1. The van der Waals surface area contributed by atoms with Gasteiger partial charge in [-0.1, -0.05) is 23.4 Å². The summed E-state index contributed by atoms with van der Waals surface area (Å²) in [5.74, 6) is -0.441. The molecule has 1 atom stereocenters. The Balaban J connectivity index is 1.29. The molecule has 13 nitrogen and oxygen atoms in total. The third-order valence-corrected chi connectivity index (χ3v) is 5.76. The zero-order chi connectivity index (χ0) is 24.9. The van der Waals surface area contributed by atoms with Crippen molar-refractivity contribution in [3.8, 4) is 11.1 Å². The highest BCUT2D eigenvalue weighted by Crippen LogP contribution is 2.26. The summed E-state index contributed by atoms with van der Waals surface area (Å²) < 4.78 is 39.4. The molecular weight excluding hydrogens is 483 g/mol. The number of aromatic nitrogens is 2. The number of oxime groups is 1. The van der Waals surface area contributed by atoms with Crippen LogP contribution in [0.3, 0.4) is 0 Å². The van der Waals surface area contributed by atoms with Gasteiger partial charge < -0.3 is 30.5 Å². The van der Waals surface area contributed by atoms with Crippen molar-refractivity contribution in [2.24, 2.45) is 21.6 Å². The van der Waals surface area contributed by atoms with E-state index in [1.165, 1.54) is 18.5 Å². The highest BCUT2D eigenvalue weighted by atomic mass is 32.2. The number of hydrogen-bond acceptors (Lipinski definition) is 9. The van der Waals surface area contributed by atoms with E-state index in [0.29, 0.717) is 37.7 Å². The Morgan fingerprint density at radius 2 is 1.97 bits per heavy atom. The van der Waals surface area contributed by atoms with E-state index in [2.05, 4.69) is 20.1 Å². The molecule has 1 aromatic heterocycles. The quantitative estimate of drug-likeness (QED) is 0.193. The number of nitrogens with zero attached hydrogens (tertiary/aromatic N) is 6. The minimum Gasteiger partial charge on any atom is -0.443 e. The molecule has 186 valence electrons. The number of ether oxygens (including phenoxy) is 1. The van der Waals surface area contributed by atoms with Gasteiger partial charge in [-0.15, -0.1) is 4.99 Å². The van der Waals surface area contributed by atoms with Gasteiger partial charge in [0.2, 0.25) is 5.95 Å². The number of likely N-dealkylation sites (tertiary alicyclic amines) is 1. The smallest absolute Gasteiger partial charge is 0.437 e. The van der Waals surface area contributed by atoms with Crippen molar-refractivity contribution >= 4 is 34.8 Å². The Morgan fingerprint density at radius 3 is 2.63 bits per heavy atom. The minimum atomic E-state index is -1.85. The molecule has 2 aliphatic heterocycles. The van der Waals surface area contributed by atoms with Crippen LogP contribution in [0.1, 0.15) is 5.56 Å². The molecule has 1 amide bonds. The summed E-state index contributed by atoms with van der Waals surface area (Å²) in [4.78, 5) is 32.4. The van der Waals surface area contributed by atoms with Crippen LogP contribution in [0.4, 0.5) is 15.1 Å². The molecular formula is C20H23FN8O5S. The number of guanidine groups is 1. The first kappa shape index (κ1) is 24.4. The third kappa shape index (κ3) is 6.26. The number of halogens is 1. The van der Waals surface area contributed by atoms with E-state index in [1.54, 1.807) is 17.0 Å². The number of anilines is 1. The van der Waals surface area contributed by atoms with Gasteiger partial charge in [0.15, 0.2) is 23.1 Å². The van der Waals surface area contributed by atoms with Crippen molar-refractivity contribution < 1.29 is 27.5 Å². The number of hydrogen-bond donors (Lipinski definition) is 3. The SMILES string of the molecule is NC(N)=NC(=O)OCc1cccc(-c2cnc(N3CC(=NOC4CN(CS(=O)O)C4)C3)nc2)c1F. The predicted molar refractivity (Wildman–Crippen MR) is 125 cm³/mol. The molecule has 0 aliphatic carbocycles. The maximum absolute atomic E-state index is 14.9. The fourth-order valence-electron chi connectivity index (χ4n) is 3.41. The monoisotopic (exact) mass is 506 g/mol. The second kappa shape index (κ2) is 10.7. The summed E-state index contributed by atoms with van der Waals surface area (Å²) in [5.41, 5.74) is 11.9. The summed E-state index contributed by atoms with van der Waals surface area (Å²) in [6, 6.07) is 4.67. The summed E-state index contributed by atoms with van der Waals surface area (Å²) in [6.45, 7) is 1.79. The summed E-state index contributed by atoms with van der Waals surface area (Å²) in [7, 11) is 0. The molecule has 0 radical (unpaired) electrons. The number of nitrogens with two attached hydrogens (primary N) is 2. The molecule has 35 heavy (non-hydrogen) atoms. The van der Waals surface area contributed by atoms with Gasteiger partial charge in [-0.2, -0.15) is 0 Å². The van der Waals surface area contributed by atoms with Gasteiger partial charge in [-0.3, -0.25) is 4.90 Å². The zero-order valence-corrected chi connectivity index (χ0v) is 19.2. The van der Waals surface area contributed by atoms with E-state index in [9.17, 15) is 13.4 Å². The topological polar surface area (TPSA) is 182 Å². The second-order valence-electron chi connectivity index (χ2n) is 7.87. The molecule has 1 aromatic carbocycles. The fraction of sp³-hybridized carbons (Fsp3) is 0.350. The fourth-order valence-corrected chi connectivity index (χ4v) is 3.93. The lowest BCUT2D eigenvalue weighted by molar-refractivity contribution is -0.0452. The van der Waals surface area contributed by atoms with Crippen LogP contribution in [0.25, 0.3) is 11.1 Å². The van der Waals surface area contributed by atoms with E-state index in [4.69, 9.17) is 25.6 Å².